The molecule has 68 valence electrons. The van der Waals surface area contributed by atoms with Crippen LogP contribution in [0.1, 0.15) is 11.1 Å². The molecule has 0 aromatic carbocycles. The van der Waals surface area contributed by atoms with E-state index in [-0.39, 0.29) is 11.4 Å². The molecule has 0 spiro atoms. The number of hydrogen-bond donors (Lipinski definition) is 1. The Labute approximate surface area is 72.8 Å². The highest BCUT2D eigenvalue weighted by molar-refractivity contribution is 6.03. The number of hydrogen-bond acceptors (Lipinski definition) is 2. The van der Waals surface area contributed by atoms with E-state index in [9.17, 15) is 13.6 Å². The van der Waals surface area contributed by atoms with Gasteiger partial charge in [-0.1, -0.05) is 0 Å². The fourth-order valence-corrected chi connectivity index (χ4v) is 1.35. The third-order valence-electron chi connectivity index (χ3n) is 1.99. The van der Waals surface area contributed by atoms with Crippen molar-refractivity contribution in [2.75, 3.05) is 5.32 Å². The van der Waals surface area contributed by atoms with Crippen molar-refractivity contribution in [2.45, 2.75) is 12.8 Å². The van der Waals surface area contributed by atoms with Gasteiger partial charge < -0.3 is 5.32 Å². The minimum absolute atomic E-state index is 0.0324. The first-order valence-electron chi connectivity index (χ1n) is 3.69. The number of aryl methyl sites for hydroxylation is 1. The molecule has 1 aliphatic rings. The number of rotatable bonds is 0. The van der Waals surface area contributed by atoms with Crippen LogP contribution >= 0.6 is 0 Å². The van der Waals surface area contributed by atoms with Crippen molar-refractivity contribution in [1.29, 1.82) is 0 Å². The summed E-state index contributed by atoms with van der Waals surface area (Å²) in [5, 5.41) is 2.03. The van der Waals surface area contributed by atoms with Gasteiger partial charge in [-0.25, -0.2) is 4.98 Å². The molecule has 0 aliphatic carbocycles. The van der Waals surface area contributed by atoms with Crippen LogP contribution in [-0.4, -0.2) is 10.9 Å². The number of anilines is 1. The summed E-state index contributed by atoms with van der Waals surface area (Å²) in [6.07, 6.45) is 1.38. The standard InChI is InChI=1S/C8H6F2N2O/c1-4-2-3-11-6-5(4)8(9,10)7(13)12-6/h2-3H,1H3,(H,11,12,13). The normalized spacial score (nSPS) is 18.2. The average Bonchev–Trinajstić information content (AvgIpc) is 2.24. The minimum atomic E-state index is -3.44. The summed E-state index contributed by atoms with van der Waals surface area (Å²) in [7, 11) is 0. The molecule has 1 amide bonds. The van der Waals surface area contributed by atoms with Crippen molar-refractivity contribution >= 4 is 11.7 Å². The molecule has 0 bridgehead atoms. The van der Waals surface area contributed by atoms with Crippen LogP contribution in [0.25, 0.3) is 0 Å². The number of nitrogens with zero attached hydrogens (tertiary/aromatic N) is 1. The SMILES string of the molecule is Cc1ccnc2c1C(F)(F)C(=O)N2. The minimum Gasteiger partial charge on any atom is -0.305 e. The zero-order valence-electron chi connectivity index (χ0n) is 6.77. The Hall–Kier alpha value is -1.52. The molecular weight excluding hydrogens is 178 g/mol. The van der Waals surface area contributed by atoms with Crippen molar-refractivity contribution in [2.24, 2.45) is 0 Å². The van der Waals surface area contributed by atoms with Gasteiger partial charge in [0.05, 0.1) is 5.56 Å². The van der Waals surface area contributed by atoms with E-state index in [4.69, 9.17) is 0 Å². The Bertz CT molecular complexity index is 390. The summed E-state index contributed by atoms with van der Waals surface area (Å²) in [4.78, 5) is 14.5. The quantitative estimate of drug-likeness (QED) is 0.662. The first kappa shape index (κ1) is 8.10. The number of fused-ring (bicyclic) bond motifs is 1. The Morgan fingerprint density at radius 3 is 2.85 bits per heavy atom. The van der Waals surface area contributed by atoms with E-state index in [0.717, 1.165) is 0 Å². The number of alkyl halides is 2. The molecule has 2 heterocycles. The highest BCUT2D eigenvalue weighted by Gasteiger charge is 2.50. The van der Waals surface area contributed by atoms with Crippen LogP contribution in [0.15, 0.2) is 12.3 Å². The summed E-state index contributed by atoms with van der Waals surface area (Å²) < 4.78 is 26.3. The topological polar surface area (TPSA) is 42.0 Å². The van der Waals surface area contributed by atoms with Crippen molar-refractivity contribution in [3.05, 3.63) is 23.4 Å². The molecule has 5 heteroatoms. The van der Waals surface area contributed by atoms with Gasteiger partial charge in [-0.15, -0.1) is 0 Å². The second kappa shape index (κ2) is 2.25. The predicted octanol–water partition coefficient (Wildman–Crippen LogP) is 1.43. The molecule has 13 heavy (non-hydrogen) atoms. The van der Waals surface area contributed by atoms with Gasteiger partial charge >= 0.3 is 11.8 Å². The lowest BCUT2D eigenvalue weighted by Crippen LogP contribution is -2.24. The first-order valence-corrected chi connectivity index (χ1v) is 3.69. The highest BCUT2D eigenvalue weighted by Crippen LogP contribution is 2.40. The van der Waals surface area contributed by atoms with E-state index in [1.165, 1.54) is 19.2 Å². The smallest absolute Gasteiger partial charge is 0.305 e. The molecule has 0 unspecified atom stereocenters. The van der Waals surface area contributed by atoms with E-state index in [1.807, 2.05) is 5.32 Å². The molecule has 2 rings (SSSR count). The molecule has 3 nitrogen and oxygen atoms in total. The molecule has 0 fully saturated rings. The number of pyridine rings is 1. The number of carbonyl (C=O) groups is 1. The predicted molar refractivity (Wildman–Crippen MR) is 41.5 cm³/mol. The molecule has 0 saturated carbocycles. The van der Waals surface area contributed by atoms with Crippen LogP contribution in [0.3, 0.4) is 0 Å². The summed E-state index contributed by atoms with van der Waals surface area (Å²) in [5.41, 5.74) is 0.0633. The van der Waals surface area contributed by atoms with Crippen LogP contribution in [0.2, 0.25) is 0 Å². The molecule has 1 aromatic rings. The maximum atomic E-state index is 13.1. The van der Waals surface area contributed by atoms with Crippen LogP contribution < -0.4 is 5.32 Å². The van der Waals surface area contributed by atoms with E-state index in [0.29, 0.717) is 5.56 Å². The summed E-state index contributed by atoms with van der Waals surface area (Å²) >= 11 is 0. The first-order chi connectivity index (χ1) is 6.03. The van der Waals surface area contributed by atoms with Crippen LogP contribution in [0.5, 0.6) is 0 Å². The Kier molecular flexibility index (Phi) is 1.40. The maximum absolute atomic E-state index is 13.1. The van der Waals surface area contributed by atoms with Crippen molar-refractivity contribution in [3.63, 3.8) is 0 Å². The maximum Gasteiger partial charge on any atom is 0.353 e. The third-order valence-corrected chi connectivity index (χ3v) is 1.99. The highest BCUT2D eigenvalue weighted by atomic mass is 19.3. The summed E-state index contributed by atoms with van der Waals surface area (Å²) in [5.74, 6) is -4.77. The van der Waals surface area contributed by atoms with Crippen LogP contribution in [0.4, 0.5) is 14.6 Å². The molecule has 0 saturated heterocycles. The second-order valence-electron chi connectivity index (χ2n) is 2.88. The largest absolute Gasteiger partial charge is 0.353 e. The number of aromatic nitrogens is 1. The molecule has 0 radical (unpaired) electrons. The lowest BCUT2D eigenvalue weighted by Gasteiger charge is -2.07. The zero-order chi connectivity index (χ0) is 9.64. The van der Waals surface area contributed by atoms with Gasteiger partial charge in [0.25, 0.3) is 0 Å². The molecule has 1 N–H and O–H groups in total. The molecule has 0 atom stereocenters. The number of halogens is 2. The van der Waals surface area contributed by atoms with Gasteiger partial charge in [-0.3, -0.25) is 4.79 Å². The van der Waals surface area contributed by atoms with E-state index in [2.05, 4.69) is 4.98 Å². The van der Waals surface area contributed by atoms with E-state index >= 15 is 0 Å². The van der Waals surface area contributed by atoms with Crippen molar-refractivity contribution in [3.8, 4) is 0 Å². The van der Waals surface area contributed by atoms with Gasteiger partial charge in [0.1, 0.15) is 5.82 Å². The molecule has 1 aliphatic heterocycles. The Morgan fingerprint density at radius 1 is 1.54 bits per heavy atom. The van der Waals surface area contributed by atoms with E-state index < -0.39 is 11.8 Å². The summed E-state index contributed by atoms with van der Waals surface area (Å²) in [6.45, 7) is 1.52. The zero-order valence-corrected chi connectivity index (χ0v) is 6.77. The fraction of sp³-hybridized carbons (Fsp3) is 0.250. The second-order valence-corrected chi connectivity index (χ2v) is 2.88. The lowest BCUT2D eigenvalue weighted by atomic mass is 10.1. The average molecular weight is 184 g/mol. The number of amides is 1. The molecular formula is C8H6F2N2O. The molecule has 1 aromatic heterocycles. The van der Waals surface area contributed by atoms with Gasteiger partial charge in [-0.05, 0) is 18.6 Å². The number of carbonyl (C=O) groups excluding carboxylic acids is 1. The fourth-order valence-electron chi connectivity index (χ4n) is 1.35. The van der Waals surface area contributed by atoms with Gasteiger partial charge in [0.2, 0.25) is 0 Å². The Balaban J connectivity index is 2.70. The lowest BCUT2D eigenvalue weighted by molar-refractivity contribution is -0.139. The van der Waals surface area contributed by atoms with Crippen LogP contribution in [0, 0.1) is 6.92 Å². The van der Waals surface area contributed by atoms with Crippen LogP contribution in [-0.2, 0) is 10.7 Å². The van der Waals surface area contributed by atoms with Gasteiger partial charge in [0, 0.05) is 6.20 Å². The van der Waals surface area contributed by atoms with Crippen molar-refractivity contribution < 1.29 is 13.6 Å². The number of nitrogens with one attached hydrogen (secondary N) is 1. The Morgan fingerprint density at radius 2 is 2.23 bits per heavy atom. The van der Waals surface area contributed by atoms with Crippen molar-refractivity contribution in [1.82, 2.24) is 4.98 Å². The summed E-state index contributed by atoms with van der Waals surface area (Å²) in [6, 6.07) is 1.45. The monoisotopic (exact) mass is 184 g/mol. The van der Waals surface area contributed by atoms with Gasteiger partial charge in [0.15, 0.2) is 0 Å². The third kappa shape index (κ3) is 0.929. The van der Waals surface area contributed by atoms with E-state index in [1.54, 1.807) is 0 Å². The van der Waals surface area contributed by atoms with Gasteiger partial charge in [-0.2, -0.15) is 8.78 Å².